The number of hydrogen-bond donors (Lipinski definition) is 1. The van der Waals surface area contributed by atoms with Gasteiger partial charge in [0, 0.05) is 18.0 Å². The third-order valence-electron chi connectivity index (χ3n) is 1.91. The highest BCUT2D eigenvalue weighted by Gasteiger charge is 2.06. The molecule has 1 aromatic rings. The summed E-state index contributed by atoms with van der Waals surface area (Å²) in [7, 11) is 0. The van der Waals surface area contributed by atoms with Crippen LogP contribution in [0.5, 0.6) is 0 Å². The lowest BCUT2D eigenvalue weighted by atomic mass is 10.2. The van der Waals surface area contributed by atoms with Crippen molar-refractivity contribution in [3.63, 3.8) is 0 Å². The van der Waals surface area contributed by atoms with Crippen molar-refractivity contribution in [1.29, 1.82) is 0 Å². The van der Waals surface area contributed by atoms with Crippen LogP contribution in [0.25, 0.3) is 0 Å². The molecule has 1 aliphatic rings. The van der Waals surface area contributed by atoms with Gasteiger partial charge in [-0.3, -0.25) is 4.79 Å². The van der Waals surface area contributed by atoms with Gasteiger partial charge in [-0.1, -0.05) is 29.3 Å². The van der Waals surface area contributed by atoms with Crippen molar-refractivity contribution >= 4 is 17.4 Å². The summed E-state index contributed by atoms with van der Waals surface area (Å²) in [5.41, 5.74) is 1.24. The lowest BCUT2D eigenvalue weighted by molar-refractivity contribution is -0.116. The average molecular weight is 212 g/mol. The average Bonchev–Trinajstić information content (AvgIpc) is 2.63. The molecule has 3 heteroatoms. The smallest absolute Gasteiger partial charge is 0.147 e. The fourth-order valence-electron chi connectivity index (χ4n) is 1.08. The second kappa shape index (κ2) is 5.78. The van der Waals surface area contributed by atoms with E-state index in [1.165, 1.54) is 5.56 Å². The van der Waals surface area contributed by atoms with Crippen LogP contribution in [-0.4, -0.2) is 18.9 Å². The quantitative estimate of drug-likeness (QED) is 0.713. The molecule has 1 heterocycles. The van der Waals surface area contributed by atoms with Crippen molar-refractivity contribution in [3.05, 3.63) is 34.9 Å². The highest BCUT2D eigenvalue weighted by atomic mass is 35.5. The minimum absolute atomic E-state index is 0.343. The molecule has 2 nitrogen and oxygen atoms in total. The predicted octanol–water partition coefficient (Wildman–Crippen LogP) is 2.20. The molecule has 0 aromatic heterocycles. The Labute approximate surface area is 89.3 Å². The fraction of sp³-hybridized carbons (Fsp3) is 0.364. The molecule has 1 fully saturated rings. The molecule has 1 N–H and O–H groups in total. The first-order valence-electron chi connectivity index (χ1n) is 4.63. The van der Waals surface area contributed by atoms with E-state index in [-0.39, 0.29) is 0 Å². The van der Waals surface area contributed by atoms with Gasteiger partial charge in [0.2, 0.25) is 0 Å². The number of benzene rings is 1. The van der Waals surface area contributed by atoms with Crippen LogP contribution in [-0.2, 0) is 4.79 Å². The number of hydrogen-bond acceptors (Lipinski definition) is 2. The topological polar surface area (TPSA) is 29.1 Å². The summed E-state index contributed by atoms with van der Waals surface area (Å²) in [4.78, 5) is 10.2. The Balaban J connectivity index is 0.000000146. The fourth-order valence-corrected chi connectivity index (χ4v) is 1.20. The summed E-state index contributed by atoms with van der Waals surface area (Å²) < 4.78 is 0. The van der Waals surface area contributed by atoms with E-state index >= 15 is 0 Å². The number of nitrogens with one attached hydrogen (secondary N) is 1. The van der Waals surface area contributed by atoms with Crippen molar-refractivity contribution in [3.8, 4) is 0 Å². The standard InChI is InChI=1S/C7H7Cl.C4H7NO/c1-6-2-4-7(8)5-3-6;6-4-1-2-5-3-4/h2-5H,1H3;5H,1-3H2. The molecule has 1 aromatic carbocycles. The molecule has 14 heavy (non-hydrogen) atoms. The van der Waals surface area contributed by atoms with Crippen molar-refractivity contribution in [2.45, 2.75) is 13.3 Å². The summed E-state index contributed by atoms with van der Waals surface area (Å²) >= 11 is 5.61. The van der Waals surface area contributed by atoms with Gasteiger partial charge >= 0.3 is 0 Å². The summed E-state index contributed by atoms with van der Waals surface area (Å²) in [5, 5.41) is 3.72. The Hall–Kier alpha value is -0.860. The van der Waals surface area contributed by atoms with Gasteiger partial charge in [-0.15, -0.1) is 0 Å². The van der Waals surface area contributed by atoms with E-state index in [0.717, 1.165) is 18.0 Å². The molecule has 2 rings (SSSR count). The largest absolute Gasteiger partial charge is 0.310 e. The van der Waals surface area contributed by atoms with Crippen molar-refractivity contribution < 1.29 is 4.79 Å². The Kier molecular flexibility index (Phi) is 4.63. The minimum Gasteiger partial charge on any atom is -0.310 e. The van der Waals surface area contributed by atoms with E-state index in [4.69, 9.17) is 11.6 Å². The predicted molar refractivity (Wildman–Crippen MR) is 58.7 cm³/mol. The van der Waals surface area contributed by atoms with Crippen LogP contribution in [0.4, 0.5) is 0 Å². The second-order valence-electron chi connectivity index (χ2n) is 3.26. The van der Waals surface area contributed by atoms with Gasteiger partial charge in [0.25, 0.3) is 0 Å². The van der Waals surface area contributed by atoms with Gasteiger partial charge in [-0.05, 0) is 19.1 Å². The van der Waals surface area contributed by atoms with E-state index in [1.807, 2.05) is 31.2 Å². The van der Waals surface area contributed by atoms with E-state index in [9.17, 15) is 4.79 Å². The van der Waals surface area contributed by atoms with E-state index in [0.29, 0.717) is 12.3 Å². The van der Waals surface area contributed by atoms with E-state index in [1.54, 1.807) is 0 Å². The van der Waals surface area contributed by atoms with Crippen molar-refractivity contribution in [2.75, 3.05) is 13.1 Å². The van der Waals surface area contributed by atoms with Gasteiger partial charge in [-0.2, -0.15) is 0 Å². The van der Waals surface area contributed by atoms with Gasteiger partial charge in [0.15, 0.2) is 0 Å². The monoisotopic (exact) mass is 211 g/mol. The molecule has 0 amide bonds. The zero-order valence-corrected chi connectivity index (χ0v) is 8.97. The summed E-state index contributed by atoms with van der Waals surface area (Å²) in [6, 6.07) is 7.75. The van der Waals surface area contributed by atoms with E-state index in [2.05, 4.69) is 5.32 Å². The first-order valence-corrected chi connectivity index (χ1v) is 5.01. The van der Waals surface area contributed by atoms with Crippen LogP contribution in [0.15, 0.2) is 24.3 Å². The van der Waals surface area contributed by atoms with Crippen molar-refractivity contribution in [2.24, 2.45) is 0 Å². The molecule has 0 atom stereocenters. The van der Waals surface area contributed by atoms with Crippen molar-refractivity contribution in [1.82, 2.24) is 5.32 Å². The molecular formula is C11H14ClNO. The Bertz CT molecular complexity index is 266. The maximum Gasteiger partial charge on any atom is 0.147 e. The summed E-state index contributed by atoms with van der Waals surface area (Å²) in [5.74, 6) is 0.343. The second-order valence-corrected chi connectivity index (χ2v) is 3.70. The van der Waals surface area contributed by atoms with Gasteiger partial charge in [0.05, 0.1) is 6.54 Å². The first kappa shape index (κ1) is 11.2. The number of rotatable bonds is 0. The third-order valence-corrected chi connectivity index (χ3v) is 2.17. The zero-order valence-electron chi connectivity index (χ0n) is 8.22. The lowest BCUT2D eigenvalue weighted by Gasteiger charge is -1.88. The summed E-state index contributed by atoms with van der Waals surface area (Å²) in [6.45, 7) is 3.52. The molecule has 76 valence electrons. The molecular weight excluding hydrogens is 198 g/mol. The molecule has 0 spiro atoms. The molecule has 0 bridgehead atoms. The maximum absolute atomic E-state index is 10.2. The number of aryl methyl sites for hydroxylation is 1. The molecule has 0 radical (unpaired) electrons. The lowest BCUT2D eigenvalue weighted by Crippen LogP contribution is -2.07. The zero-order chi connectivity index (χ0) is 10.4. The van der Waals surface area contributed by atoms with Crippen LogP contribution in [0.1, 0.15) is 12.0 Å². The van der Waals surface area contributed by atoms with Crippen LogP contribution >= 0.6 is 11.6 Å². The first-order chi connectivity index (χ1) is 6.68. The Morgan fingerprint density at radius 3 is 2.21 bits per heavy atom. The minimum atomic E-state index is 0.343. The van der Waals surface area contributed by atoms with Crippen LogP contribution < -0.4 is 5.32 Å². The highest BCUT2D eigenvalue weighted by molar-refractivity contribution is 6.30. The van der Waals surface area contributed by atoms with Gasteiger partial charge in [0.1, 0.15) is 5.78 Å². The Morgan fingerprint density at radius 2 is 1.93 bits per heavy atom. The molecule has 0 aliphatic carbocycles. The molecule has 1 saturated heterocycles. The normalized spacial score (nSPS) is 14.9. The van der Waals surface area contributed by atoms with Crippen LogP contribution in [0.3, 0.4) is 0 Å². The number of carbonyl (C=O) groups excluding carboxylic acids is 1. The Morgan fingerprint density at radius 1 is 1.29 bits per heavy atom. The number of Topliss-reactive ketones (excluding diaryl/α,β-unsaturated/α-hetero) is 1. The van der Waals surface area contributed by atoms with Gasteiger partial charge < -0.3 is 5.32 Å². The number of halogens is 1. The van der Waals surface area contributed by atoms with Crippen LogP contribution in [0, 0.1) is 6.92 Å². The highest BCUT2D eigenvalue weighted by Crippen LogP contribution is 2.07. The third kappa shape index (κ3) is 4.40. The van der Waals surface area contributed by atoms with Crippen LogP contribution in [0.2, 0.25) is 5.02 Å². The molecule has 0 saturated carbocycles. The summed E-state index contributed by atoms with van der Waals surface area (Å²) in [6.07, 6.45) is 0.736. The number of ketones is 1. The molecule has 1 aliphatic heterocycles. The molecule has 0 unspecified atom stereocenters. The maximum atomic E-state index is 10.2. The van der Waals surface area contributed by atoms with E-state index < -0.39 is 0 Å². The SMILES string of the molecule is Cc1ccc(Cl)cc1.O=C1CCNC1. The van der Waals surface area contributed by atoms with Gasteiger partial charge in [-0.25, -0.2) is 0 Å². The number of carbonyl (C=O) groups is 1.